The summed E-state index contributed by atoms with van der Waals surface area (Å²) in [5, 5.41) is 5.70. The van der Waals surface area contributed by atoms with Crippen LogP contribution in [0.4, 0.5) is 0 Å². The van der Waals surface area contributed by atoms with Gasteiger partial charge >= 0.3 is 30.2 Å². The molecule has 0 fully saturated rings. The summed E-state index contributed by atoms with van der Waals surface area (Å²) in [5.41, 5.74) is 8.32. The van der Waals surface area contributed by atoms with Crippen molar-refractivity contribution in [2.45, 2.75) is 41.5 Å². The molecule has 148 valence electrons. The molecule has 4 aromatic carbocycles. The van der Waals surface area contributed by atoms with Crippen molar-refractivity contribution in [2.24, 2.45) is 0 Å². The van der Waals surface area contributed by atoms with Gasteiger partial charge in [-0.3, -0.25) is 0 Å². The van der Waals surface area contributed by atoms with Gasteiger partial charge in [-0.15, -0.1) is 56.9 Å². The molecular weight excluding hydrogens is 432 g/mol. The fourth-order valence-corrected chi connectivity index (χ4v) is 3.73. The molecule has 0 saturated heterocycles. The summed E-state index contributed by atoms with van der Waals surface area (Å²) in [7, 11) is 0. The fraction of sp³-hybridized carbons (Fsp3) is 0.231. The first-order valence-electron chi connectivity index (χ1n) is 8.89. The zero-order chi connectivity index (χ0) is 19.4. The number of hydrogen-bond acceptors (Lipinski definition) is 0. The second kappa shape index (κ2) is 11.7. The van der Waals surface area contributed by atoms with Crippen LogP contribution in [-0.2, 0) is 23.3 Å². The van der Waals surface area contributed by atoms with Crippen molar-refractivity contribution in [3.05, 3.63) is 96.8 Å². The summed E-state index contributed by atoms with van der Waals surface area (Å²) in [6, 6.07) is 17.6. The maximum atomic E-state index is 3.06. The second-order valence-corrected chi connectivity index (χ2v) is 7.01. The molecule has 0 bridgehead atoms. The molecule has 0 aliphatic carbocycles. The predicted octanol–water partition coefficient (Wildman–Crippen LogP) is 7.49. The Morgan fingerprint density at radius 3 is 1.11 bits per heavy atom. The van der Waals surface area contributed by atoms with Gasteiger partial charge in [0.05, 0.1) is 0 Å². The maximum absolute atomic E-state index is 3.06. The Hall–Kier alpha value is -1.24. The van der Waals surface area contributed by atoms with Crippen molar-refractivity contribution >= 4 is 28.4 Å². The van der Waals surface area contributed by atoms with Crippen LogP contribution in [0, 0.1) is 56.4 Å². The molecule has 0 unspecified atom stereocenters. The summed E-state index contributed by atoms with van der Waals surface area (Å²) >= 11 is 1.36. The summed E-state index contributed by atoms with van der Waals surface area (Å²) in [6.07, 6.45) is 0. The number of hydrogen-bond donors (Lipinski definition) is 0. The number of benzene rings is 2. The molecule has 4 aromatic rings. The quantitative estimate of drug-likeness (QED) is 0.187. The molecule has 2 heteroatoms. The molecule has 0 atom stereocenters. The van der Waals surface area contributed by atoms with E-state index in [-0.39, 0.29) is 14.9 Å². The Labute approximate surface area is 189 Å². The third-order valence-electron chi connectivity index (χ3n) is 5.13. The van der Waals surface area contributed by atoms with Crippen LogP contribution < -0.4 is 0 Å². The van der Waals surface area contributed by atoms with E-state index >= 15 is 0 Å². The first-order chi connectivity index (χ1) is 12.4. The zero-order valence-corrected chi connectivity index (χ0v) is 22.1. The minimum absolute atomic E-state index is 0. The van der Waals surface area contributed by atoms with Crippen LogP contribution >= 0.6 is 0 Å². The van der Waals surface area contributed by atoms with Crippen LogP contribution in [-0.4, -0.2) is 6.88 Å². The molecular formula is C26H32SiZr-4. The molecule has 0 N–H and O–H groups in total. The SMILES string of the molecule is Cc1ccc(C)c2c(C)c[cH-]c12.Cc1ccc(C)c2c(C)c[cH-]c12.[CH3-].[CH3-].[Si]=[Zr]. The van der Waals surface area contributed by atoms with E-state index in [9.17, 15) is 0 Å². The fourth-order valence-electron chi connectivity index (χ4n) is 3.73. The van der Waals surface area contributed by atoms with Crippen LogP contribution in [0.5, 0.6) is 0 Å². The predicted molar refractivity (Wildman–Crippen MR) is 126 cm³/mol. The molecule has 0 heterocycles. The van der Waals surface area contributed by atoms with E-state index in [1.165, 1.54) is 78.3 Å². The van der Waals surface area contributed by atoms with Gasteiger partial charge in [-0.25, -0.2) is 0 Å². The summed E-state index contributed by atoms with van der Waals surface area (Å²) in [4.78, 5) is 0. The molecule has 4 rings (SSSR count). The van der Waals surface area contributed by atoms with E-state index in [2.05, 4.69) is 97.0 Å². The van der Waals surface area contributed by atoms with Crippen molar-refractivity contribution in [1.82, 2.24) is 0 Å². The van der Waals surface area contributed by atoms with E-state index in [0.29, 0.717) is 0 Å². The Bertz CT molecular complexity index is 950. The average molecular weight is 464 g/mol. The van der Waals surface area contributed by atoms with Crippen LogP contribution in [0.25, 0.3) is 21.5 Å². The number of aryl methyl sites for hydroxylation is 6. The standard InChI is InChI=1S/2C12H13.2CH3.Si.Zr/c2*1-8-4-5-9(2)12-10(3)6-7-11(8)12;;;;/h2*4-7H,1-3H3;2*1H3;;/q4*-1;;. The van der Waals surface area contributed by atoms with Gasteiger partial charge in [0.2, 0.25) is 0 Å². The van der Waals surface area contributed by atoms with E-state index in [0.717, 1.165) is 0 Å². The van der Waals surface area contributed by atoms with Crippen molar-refractivity contribution < 1.29 is 23.3 Å². The van der Waals surface area contributed by atoms with Gasteiger partial charge in [0.15, 0.2) is 0 Å². The Morgan fingerprint density at radius 1 is 0.536 bits per heavy atom. The number of rotatable bonds is 0. The molecule has 28 heavy (non-hydrogen) atoms. The topological polar surface area (TPSA) is 0 Å². The van der Waals surface area contributed by atoms with Gasteiger partial charge in [-0.2, -0.15) is 23.3 Å². The normalized spacial score (nSPS) is 9.46. The Balaban J connectivity index is 0.000000449. The minimum atomic E-state index is 0. The van der Waals surface area contributed by atoms with Gasteiger partial charge < -0.3 is 14.9 Å². The molecule has 0 aromatic heterocycles. The molecule has 0 aliphatic heterocycles. The average Bonchev–Trinajstić information content (AvgIpc) is 3.22. The van der Waals surface area contributed by atoms with Gasteiger partial charge in [0, 0.05) is 0 Å². The van der Waals surface area contributed by atoms with Crippen molar-refractivity contribution in [3.8, 4) is 0 Å². The van der Waals surface area contributed by atoms with E-state index < -0.39 is 0 Å². The van der Waals surface area contributed by atoms with Gasteiger partial charge in [-0.1, -0.05) is 51.0 Å². The third kappa shape index (κ3) is 5.43. The van der Waals surface area contributed by atoms with Crippen molar-refractivity contribution in [1.29, 1.82) is 0 Å². The summed E-state index contributed by atoms with van der Waals surface area (Å²) < 4.78 is 0. The molecule has 0 aliphatic rings. The monoisotopic (exact) mass is 462 g/mol. The molecule has 0 spiro atoms. The van der Waals surface area contributed by atoms with Crippen LogP contribution in [0.3, 0.4) is 0 Å². The first kappa shape index (κ1) is 26.8. The Kier molecular flexibility index (Phi) is 11.2. The summed E-state index contributed by atoms with van der Waals surface area (Å²) in [6.45, 7) is 16.1. The molecule has 0 amide bonds. The number of fused-ring (bicyclic) bond motifs is 2. The van der Waals surface area contributed by atoms with Gasteiger partial charge in [0.25, 0.3) is 0 Å². The Morgan fingerprint density at radius 2 is 0.821 bits per heavy atom. The molecule has 2 radical (unpaired) electrons. The van der Waals surface area contributed by atoms with E-state index in [1.807, 2.05) is 0 Å². The van der Waals surface area contributed by atoms with E-state index in [4.69, 9.17) is 0 Å². The second-order valence-electron chi connectivity index (χ2n) is 7.01. The van der Waals surface area contributed by atoms with Gasteiger partial charge in [0.1, 0.15) is 0 Å². The van der Waals surface area contributed by atoms with Crippen LogP contribution in [0.1, 0.15) is 33.4 Å². The van der Waals surface area contributed by atoms with E-state index in [1.54, 1.807) is 0 Å². The molecule has 0 nitrogen and oxygen atoms in total. The van der Waals surface area contributed by atoms with Crippen LogP contribution in [0.2, 0.25) is 0 Å². The molecule has 0 saturated carbocycles. The van der Waals surface area contributed by atoms with Crippen molar-refractivity contribution in [3.63, 3.8) is 0 Å². The zero-order valence-electron chi connectivity index (χ0n) is 18.6. The van der Waals surface area contributed by atoms with Crippen LogP contribution in [0.15, 0.2) is 48.5 Å². The van der Waals surface area contributed by atoms with Crippen molar-refractivity contribution in [2.75, 3.05) is 0 Å². The first-order valence-corrected chi connectivity index (χ1v) is 13.1. The van der Waals surface area contributed by atoms with Gasteiger partial charge in [-0.05, 0) is 13.8 Å². The third-order valence-corrected chi connectivity index (χ3v) is 5.13. The summed E-state index contributed by atoms with van der Waals surface area (Å²) in [5.74, 6) is 0.